The van der Waals surface area contributed by atoms with Gasteiger partial charge in [-0.3, -0.25) is 9.48 Å². The first-order chi connectivity index (χ1) is 8.75. The van der Waals surface area contributed by atoms with Gasteiger partial charge in [0.1, 0.15) is 0 Å². The molecule has 1 amide bonds. The fraction of sp³-hybridized carbons (Fsp3) is 0.231. The molecule has 0 aliphatic heterocycles. The van der Waals surface area contributed by atoms with Crippen LogP contribution < -0.4 is 5.32 Å². The second-order valence-electron chi connectivity index (χ2n) is 3.89. The molecule has 0 unspecified atom stereocenters. The lowest BCUT2D eigenvalue weighted by molar-refractivity contribution is 0.0952. The highest BCUT2D eigenvalue weighted by Crippen LogP contribution is 2.07. The Balaban J connectivity index is 1.75. The molecule has 0 saturated carbocycles. The maximum absolute atomic E-state index is 11.8. The standard InChI is InChI=1S/C13H14IN3O/c14-12-5-1-4-11(10-12)13(18)15-6-2-8-17-9-3-7-16-17/h1,3-5,7,9-10H,2,6,8H2,(H,15,18). The van der Waals surface area contributed by atoms with Gasteiger partial charge in [-0.2, -0.15) is 5.10 Å². The van der Waals surface area contributed by atoms with E-state index in [9.17, 15) is 4.79 Å². The fourth-order valence-electron chi connectivity index (χ4n) is 1.61. The second kappa shape index (κ2) is 6.53. The number of nitrogens with one attached hydrogen (secondary N) is 1. The van der Waals surface area contributed by atoms with Gasteiger partial charge in [0.05, 0.1) is 0 Å². The zero-order chi connectivity index (χ0) is 12.8. The summed E-state index contributed by atoms with van der Waals surface area (Å²) in [5.74, 6) is -0.0195. The highest BCUT2D eigenvalue weighted by molar-refractivity contribution is 14.1. The maximum atomic E-state index is 11.8. The third-order valence-electron chi connectivity index (χ3n) is 2.50. The van der Waals surface area contributed by atoms with Gasteiger partial charge in [0.2, 0.25) is 0 Å². The van der Waals surface area contributed by atoms with Crippen molar-refractivity contribution >= 4 is 28.5 Å². The summed E-state index contributed by atoms with van der Waals surface area (Å²) in [7, 11) is 0. The van der Waals surface area contributed by atoms with E-state index in [4.69, 9.17) is 0 Å². The van der Waals surface area contributed by atoms with Crippen LogP contribution in [0.5, 0.6) is 0 Å². The van der Waals surface area contributed by atoms with E-state index >= 15 is 0 Å². The predicted octanol–water partition coefficient (Wildman–Crippen LogP) is 2.31. The molecule has 1 aromatic heterocycles. The minimum Gasteiger partial charge on any atom is -0.352 e. The van der Waals surface area contributed by atoms with Gasteiger partial charge in [-0.15, -0.1) is 0 Å². The summed E-state index contributed by atoms with van der Waals surface area (Å²) >= 11 is 2.20. The topological polar surface area (TPSA) is 46.9 Å². The van der Waals surface area contributed by atoms with Crippen LogP contribution in [0.4, 0.5) is 0 Å². The number of aromatic nitrogens is 2. The minimum absolute atomic E-state index is 0.0195. The number of hydrogen-bond donors (Lipinski definition) is 1. The number of halogens is 1. The molecule has 18 heavy (non-hydrogen) atoms. The van der Waals surface area contributed by atoms with E-state index in [1.165, 1.54) is 0 Å². The number of aryl methyl sites for hydroxylation is 1. The van der Waals surface area contributed by atoms with Crippen LogP contribution in [0, 0.1) is 3.57 Å². The summed E-state index contributed by atoms with van der Waals surface area (Å²) in [5.41, 5.74) is 0.709. The summed E-state index contributed by atoms with van der Waals surface area (Å²) in [4.78, 5) is 11.8. The normalized spacial score (nSPS) is 10.3. The molecule has 94 valence electrons. The molecule has 1 heterocycles. The van der Waals surface area contributed by atoms with Gasteiger partial charge in [-0.1, -0.05) is 6.07 Å². The van der Waals surface area contributed by atoms with Crippen molar-refractivity contribution in [1.82, 2.24) is 15.1 Å². The maximum Gasteiger partial charge on any atom is 0.251 e. The summed E-state index contributed by atoms with van der Waals surface area (Å²) in [6, 6.07) is 9.45. The smallest absolute Gasteiger partial charge is 0.251 e. The molecular weight excluding hydrogens is 341 g/mol. The van der Waals surface area contributed by atoms with Crippen molar-refractivity contribution in [2.24, 2.45) is 0 Å². The van der Waals surface area contributed by atoms with Gasteiger partial charge in [0, 0.05) is 34.6 Å². The lowest BCUT2D eigenvalue weighted by atomic mass is 10.2. The molecule has 0 bridgehead atoms. The lowest BCUT2D eigenvalue weighted by Gasteiger charge is -2.05. The van der Waals surface area contributed by atoms with Gasteiger partial charge in [0.15, 0.2) is 0 Å². The molecule has 1 N–H and O–H groups in total. The Bertz CT molecular complexity index is 511. The molecule has 0 aliphatic rings. The van der Waals surface area contributed by atoms with Crippen molar-refractivity contribution in [1.29, 1.82) is 0 Å². The van der Waals surface area contributed by atoms with E-state index in [0.717, 1.165) is 16.5 Å². The largest absolute Gasteiger partial charge is 0.352 e. The van der Waals surface area contributed by atoms with E-state index in [2.05, 4.69) is 33.0 Å². The first kappa shape index (κ1) is 13.1. The summed E-state index contributed by atoms with van der Waals surface area (Å²) < 4.78 is 2.93. The first-order valence-electron chi connectivity index (χ1n) is 5.77. The zero-order valence-electron chi connectivity index (χ0n) is 9.84. The van der Waals surface area contributed by atoms with Crippen molar-refractivity contribution in [3.63, 3.8) is 0 Å². The number of amides is 1. The Morgan fingerprint density at radius 3 is 3.00 bits per heavy atom. The van der Waals surface area contributed by atoms with Crippen LogP contribution in [0.15, 0.2) is 42.7 Å². The Kier molecular flexibility index (Phi) is 4.74. The monoisotopic (exact) mass is 355 g/mol. The van der Waals surface area contributed by atoms with Crippen LogP contribution in [-0.2, 0) is 6.54 Å². The van der Waals surface area contributed by atoms with Crippen molar-refractivity contribution in [2.75, 3.05) is 6.54 Å². The average molecular weight is 355 g/mol. The molecule has 2 aromatic rings. The Morgan fingerprint density at radius 1 is 1.39 bits per heavy atom. The highest BCUT2D eigenvalue weighted by Gasteiger charge is 2.04. The van der Waals surface area contributed by atoms with Crippen LogP contribution >= 0.6 is 22.6 Å². The van der Waals surface area contributed by atoms with Crippen LogP contribution in [-0.4, -0.2) is 22.2 Å². The van der Waals surface area contributed by atoms with Crippen LogP contribution in [0.3, 0.4) is 0 Å². The van der Waals surface area contributed by atoms with Crippen molar-refractivity contribution in [3.8, 4) is 0 Å². The molecule has 0 radical (unpaired) electrons. The van der Waals surface area contributed by atoms with Crippen LogP contribution in [0.1, 0.15) is 16.8 Å². The van der Waals surface area contributed by atoms with Crippen LogP contribution in [0.25, 0.3) is 0 Å². The van der Waals surface area contributed by atoms with E-state index in [1.807, 2.05) is 41.2 Å². The molecule has 0 fully saturated rings. The third kappa shape index (κ3) is 3.83. The van der Waals surface area contributed by atoms with E-state index in [-0.39, 0.29) is 5.91 Å². The zero-order valence-corrected chi connectivity index (χ0v) is 12.0. The number of hydrogen-bond acceptors (Lipinski definition) is 2. The molecule has 2 rings (SSSR count). The SMILES string of the molecule is O=C(NCCCn1cccn1)c1cccc(I)c1. The number of nitrogens with zero attached hydrogens (tertiary/aromatic N) is 2. The van der Waals surface area contributed by atoms with Crippen molar-refractivity contribution < 1.29 is 4.79 Å². The molecular formula is C13H14IN3O. The molecule has 4 nitrogen and oxygen atoms in total. The third-order valence-corrected chi connectivity index (χ3v) is 3.17. The van der Waals surface area contributed by atoms with Crippen LogP contribution in [0.2, 0.25) is 0 Å². The van der Waals surface area contributed by atoms with Gasteiger partial charge >= 0.3 is 0 Å². The molecule has 0 aliphatic carbocycles. The number of benzene rings is 1. The van der Waals surface area contributed by atoms with Gasteiger partial charge < -0.3 is 5.32 Å². The number of carbonyl (C=O) groups is 1. The Morgan fingerprint density at radius 2 is 2.28 bits per heavy atom. The highest BCUT2D eigenvalue weighted by atomic mass is 127. The predicted molar refractivity (Wildman–Crippen MR) is 78.3 cm³/mol. The van der Waals surface area contributed by atoms with E-state index < -0.39 is 0 Å². The number of rotatable bonds is 5. The minimum atomic E-state index is -0.0195. The first-order valence-corrected chi connectivity index (χ1v) is 6.85. The van der Waals surface area contributed by atoms with Crippen molar-refractivity contribution in [3.05, 3.63) is 51.9 Å². The van der Waals surface area contributed by atoms with Gasteiger partial charge in [-0.05, 0) is 53.3 Å². The Hall–Kier alpha value is -1.37. The van der Waals surface area contributed by atoms with Crippen molar-refractivity contribution in [2.45, 2.75) is 13.0 Å². The second-order valence-corrected chi connectivity index (χ2v) is 5.13. The number of carbonyl (C=O) groups excluding carboxylic acids is 1. The summed E-state index contributed by atoms with van der Waals surface area (Å²) in [6.07, 6.45) is 4.54. The summed E-state index contributed by atoms with van der Waals surface area (Å²) in [6.45, 7) is 1.48. The fourth-order valence-corrected chi connectivity index (χ4v) is 2.15. The van der Waals surface area contributed by atoms with Gasteiger partial charge in [-0.25, -0.2) is 0 Å². The molecule has 0 saturated heterocycles. The summed E-state index contributed by atoms with van der Waals surface area (Å²) in [5, 5.41) is 7.01. The van der Waals surface area contributed by atoms with E-state index in [0.29, 0.717) is 12.1 Å². The average Bonchev–Trinajstić information content (AvgIpc) is 2.87. The lowest BCUT2D eigenvalue weighted by Crippen LogP contribution is -2.25. The van der Waals surface area contributed by atoms with Gasteiger partial charge in [0.25, 0.3) is 5.91 Å². The molecule has 5 heteroatoms. The molecule has 1 aromatic carbocycles. The quantitative estimate of drug-likeness (QED) is 0.661. The van der Waals surface area contributed by atoms with E-state index in [1.54, 1.807) is 6.20 Å². The molecule has 0 spiro atoms. The molecule has 0 atom stereocenters. The Labute approximate surface area is 120 Å².